The third-order valence-corrected chi connectivity index (χ3v) is 2.78. The molecule has 1 rings (SSSR count). The number of amides is 3. The van der Waals surface area contributed by atoms with Gasteiger partial charge in [-0.2, -0.15) is 0 Å². The highest BCUT2D eigenvalue weighted by atomic mass is 16.4. The van der Waals surface area contributed by atoms with Crippen LogP contribution in [0.1, 0.15) is 18.0 Å². The molecule has 0 aliphatic heterocycles. The summed E-state index contributed by atoms with van der Waals surface area (Å²) in [4.78, 5) is 35.6. The van der Waals surface area contributed by atoms with Crippen molar-refractivity contribution in [2.75, 3.05) is 20.6 Å². The minimum atomic E-state index is -1.15. The molecule has 0 bridgehead atoms. The summed E-state index contributed by atoms with van der Waals surface area (Å²) in [7, 11) is 3.25. The van der Waals surface area contributed by atoms with Crippen molar-refractivity contribution in [1.82, 2.24) is 15.5 Å². The fraction of sp³-hybridized carbons (Fsp3) is 0.357. The zero-order valence-corrected chi connectivity index (χ0v) is 12.0. The molecule has 3 N–H and O–H groups in total. The van der Waals surface area contributed by atoms with Crippen molar-refractivity contribution < 1.29 is 19.5 Å². The average molecular weight is 293 g/mol. The maximum absolute atomic E-state index is 11.7. The van der Waals surface area contributed by atoms with Gasteiger partial charge in [0.15, 0.2) is 6.04 Å². The molecule has 0 heterocycles. The van der Waals surface area contributed by atoms with Gasteiger partial charge in [-0.1, -0.05) is 30.3 Å². The first-order valence-electron chi connectivity index (χ1n) is 6.44. The summed E-state index contributed by atoms with van der Waals surface area (Å²) in [5.41, 5.74) is 0.476. The van der Waals surface area contributed by atoms with Gasteiger partial charge >= 0.3 is 12.0 Å². The largest absolute Gasteiger partial charge is 0.479 e. The van der Waals surface area contributed by atoms with Crippen molar-refractivity contribution in [1.29, 1.82) is 0 Å². The van der Waals surface area contributed by atoms with E-state index in [1.807, 2.05) is 0 Å². The van der Waals surface area contributed by atoms with Gasteiger partial charge in [-0.05, 0) is 5.56 Å². The van der Waals surface area contributed by atoms with Crippen LogP contribution in [0.15, 0.2) is 30.3 Å². The van der Waals surface area contributed by atoms with Crippen molar-refractivity contribution >= 4 is 17.9 Å². The molecule has 0 aliphatic rings. The van der Waals surface area contributed by atoms with Gasteiger partial charge in [0, 0.05) is 27.1 Å². The van der Waals surface area contributed by atoms with Crippen LogP contribution in [0.25, 0.3) is 0 Å². The molecule has 1 atom stereocenters. The highest BCUT2D eigenvalue weighted by molar-refractivity contribution is 5.84. The Kier molecular flexibility index (Phi) is 6.19. The monoisotopic (exact) mass is 293 g/mol. The highest BCUT2D eigenvalue weighted by Crippen LogP contribution is 2.12. The Balaban J connectivity index is 2.51. The molecule has 1 aromatic rings. The smallest absolute Gasteiger partial charge is 0.330 e. The first kappa shape index (κ1) is 16.5. The van der Waals surface area contributed by atoms with Gasteiger partial charge in [-0.25, -0.2) is 9.59 Å². The van der Waals surface area contributed by atoms with Crippen molar-refractivity contribution in [2.24, 2.45) is 0 Å². The predicted octanol–water partition coefficient (Wildman–Crippen LogP) is 0.590. The number of hydrogen-bond acceptors (Lipinski definition) is 3. The molecule has 1 unspecified atom stereocenters. The Labute approximate surface area is 122 Å². The molecule has 7 nitrogen and oxygen atoms in total. The summed E-state index contributed by atoms with van der Waals surface area (Å²) in [5, 5.41) is 14.0. The Morgan fingerprint density at radius 1 is 1.19 bits per heavy atom. The zero-order valence-electron chi connectivity index (χ0n) is 12.0. The molecule has 0 spiro atoms. The normalized spacial score (nSPS) is 11.3. The summed E-state index contributed by atoms with van der Waals surface area (Å²) in [6, 6.07) is 6.63. The number of nitrogens with zero attached hydrogens (tertiary/aromatic N) is 1. The number of aliphatic carboxylic acids is 1. The molecule has 0 aliphatic carbocycles. The third kappa shape index (κ3) is 5.52. The molecule has 21 heavy (non-hydrogen) atoms. The fourth-order valence-corrected chi connectivity index (χ4v) is 1.62. The van der Waals surface area contributed by atoms with Crippen LogP contribution in [0.4, 0.5) is 4.79 Å². The summed E-state index contributed by atoms with van der Waals surface area (Å²) >= 11 is 0. The minimum absolute atomic E-state index is 0.117. The number of carboxylic acids is 1. The number of benzene rings is 1. The lowest BCUT2D eigenvalue weighted by Gasteiger charge is -2.16. The molecule has 7 heteroatoms. The van der Waals surface area contributed by atoms with E-state index in [4.69, 9.17) is 5.11 Å². The Morgan fingerprint density at radius 3 is 2.33 bits per heavy atom. The van der Waals surface area contributed by atoms with Gasteiger partial charge in [0.05, 0.1) is 0 Å². The van der Waals surface area contributed by atoms with Crippen LogP contribution >= 0.6 is 0 Å². The Bertz CT molecular complexity index is 502. The molecular weight excluding hydrogens is 274 g/mol. The topological polar surface area (TPSA) is 98.7 Å². The van der Waals surface area contributed by atoms with E-state index in [0.717, 1.165) is 0 Å². The summed E-state index contributed by atoms with van der Waals surface area (Å²) in [5.74, 6) is -1.27. The van der Waals surface area contributed by atoms with Gasteiger partial charge in [0.1, 0.15) is 0 Å². The predicted molar refractivity (Wildman–Crippen MR) is 76.7 cm³/mol. The lowest BCUT2D eigenvalue weighted by molar-refractivity contribution is -0.139. The van der Waals surface area contributed by atoms with Gasteiger partial charge in [0.25, 0.3) is 0 Å². The van der Waals surface area contributed by atoms with Crippen molar-refractivity contribution in [2.45, 2.75) is 12.5 Å². The molecule has 0 aromatic heterocycles. The number of carboxylic acid groups (broad SMARTS) is 1. The van der Waals surface area contributed by atoms with Crippen LogP contribution in [0, 0.1) is 0 Å². The fourth-order valence-electron chi connectivity index (χ4n) is 1.62. The van der Waals surface area contributed by atoms with Crippen molar-refractivity contribution in [3.05, 3.63) is 35.9 Å². The maximum atomic E-state index is 11.7. The second-order valence-corrected chi connectivity index (χ2v) is 4.62. The molecule has 0 fully saturated rings. The van der Waals surface area contributed by atoms with Crippen LogP contribution in [-0.4, -0.2) is 48.6 Å². The van der Waals surface area contributed by atoms with Gasteiger partial charge in [0.2, 0.25) is 5.91 Å². The number of hydrogen-bond donors (Lipinski definition) is 3. The van der Waals surface area contributed by atoms with E-state index in [-0.39, 0.29) is 18.9 Å². The van der Waals surface area contributed by atoms with Crippen LogP contribution in [0.5, 0.6) is 0 Å². The molecule has 3 amide bonds. The number of urea groups is 1. The third-order valence-electron chi connectivity index (χ3n) is 2.78. The molecular formula is C14H19N3O4. The van der Waals surface area contributed by atoms with E-state index < -0.39 is 18.0 Å². The molecule has 0 radical (unpaired) electrons. The lowest BCUT2D eigenvalue weighted by atomic mass is 10.1. The second kappa shape index (κ2) is 7.88. The first-order valence-corrected chi connectivity index (χ1v) is 6.44. The van der Waals surface area contributed by atoms with Crippen LogP contribution in [0.2, 0.25) is 0 Å². The first-order chi connectivity index (χ1) is 9.91. The van der Waals surface area contributed by atoms with E-state index in [0.29, 0.717) is 5.56 Å². The van der Waals surface area contributed by atoms with E-state index in [9.17, 15) is 14.4 Å². The molecule has 114 valence electrons. The van der Waals surface area contributed by atoms with E-state index in [1.54, 1.807) is 44.4 Å². The number of carbonyl (C=O) groups is 3. The average Bonchev–Trinajstić information content (AvgIpc) is 2.45. The van der Waals surface area contributed by atoms with Gasteiger partial charge in [-0.3, -0.25) is 4.79 Å². The SMILES string of the molecule is CN(C)C(=O)CCNC(=O)NC(C(=O)O)c1ccccc1. The minimum Gasteiger partial charge on any atom is -0.479 e. The lowest BCUT2D eigenvalue weighted by Crippen LogP contribution is -2.42. The highest BCUT2D eigenvalue weighted by Gasteiger charge is 2.21. The van der Waals surface area contributed by atoms with Gasteiger partial charge in [-0.15, -0.1) is 0 Å². The Hall–Kier alpha value is -2.57. The van der Waals surface area contributed by atoms with E-state index >= 15 is 0 Å². The zero-order chi connectivity index (χ0) is 15.8. The quantitative estimate of drug-likeness (QED) is 0.715. The van der Waals surface area contributed by atoms with Crippen molar-refractivity contribution in [3.8, 4) is 0 Å². The molecule has 1 aromatic carbocycles. The Morgan fingerprint density at radius 2 is 1.81 bits per heavy atom. The van der Waals surface area contributed by atoms with Crippen molar-refractivity contribution in [3.63, 3.8) is 0 Å². The second-order valence-electron chi connectivity index (χ2n) is 4.62. The van der Waals surface area contributed by atoms with Crippen LogP contribution in [-0.2, 0) is 9.59 Å². The van der Waals surface area contributed by atoms with E-state index in [1.165, 1.54) is 4.90 Å². The number of carbonyl (C=O) groups excluding carboxylic acids is 2. The number of rotatable bonds is 6. The van der Waals surface area contributed by atoms with Crippen LogP contribution in [0.3, 0.4) is 0 Å². The molecule has 0 saturated heterocycles. The number of nitrogens with one attached hydrogen (secondary N) is 2. The van der Waals surface area contributed by atoms with Crippen LogP contribution < -0.4 is 10.6 Å². The van der Waals surface area contributed by atoms with Gasteiger partial charge < -0.3 is 20.6 Å². The standard InChI is InChI=1S/C14H19N3O4/c1-17(2)11(18)8-9-15-14(21)16-12(13(19)20)10-6-4-3-5-7-10/h3-7,12H,8-9H2,1-2H3,(H,19,20)(H2,15,16,21). The molecule has 0 saturated carbocycles. The summed E-state index contributed by atoms with van der Waals surface area (Å²) in [6.45, 7) is 0.143. The summed E-state index contributed by atoms with van der Waals surface area (Å²) in [6.07, 6.45) is 0.156. The van der Waals surface area contributed by atoms with E-state index in [2.05, 4.69) is 10.6 Å². The summed E-state index contributed by atoms with van der Waals surface area (Å²) < 4.78 is 0. The maximum Gasteiger partial charge on any atom is 0.330 e.